The SMILES string of the molecule is O=C1COc2cc(C(=O)c3ccc(Cl)o3)c(Br)cc2N1. The number of ketones is 1. The van der Waals surface area contributed by atoms with Gasteiger partial charge in [-0.2, -0.15) is 0 Å². The summed E-state index contributed by atoms with van der Waals surface area (Å²) in [7, 11) is 0. The van der Waals surface area contributed by atoms with Crippen LogP contribution in [0, 0.1) is 0 Å². The van der Waals surface area contributed by atoms with Gasteiger partial charge in [-0.25, -0.2) is 0 Å². The Morgan fingerprint density at radius 3 is 2.85 bits per heavy atom. The van der Waals surface area contributed by atoms with E-state index in [0.29, 0.717) is 21.5 Å². The van der Waals surface area contributed by atoms with Crippen LogP contribution >= 0.6 is 27.5 Å². The maximum Gasteiger partial charge on any atom is 0.262 e. The molecular formula is C13H7BrClNO4. The van der Waals surface area contributed by atoms with Crippen LogP contribution in [0.1, 0.15) is 16.1 Å². The number of benzene rings is 1. The van der Waals surface area contributed by atoms with Crippen LogP contribution in [0.3, 0.4) is 0 Å². The van der Waals surface area contributed by atoms with E-state index in [4.69, 9.17) is 20.8 Å². The van der Waals surface area contributed by atoms with E-state index in [-0.39, 0.29) is 29.3 Å². The van der Waals surface area contributed by atoms with Gasteiger partial charge in [-0.05, 0) is 51.8 Å². The predicted octanol–water partition coefficient (Wildman–Crippen LogP) is 3.26. The standard InChI is InChI=1S/C13H7BrClNO4/c14-7-4-8-10(19-5-12(17)16-8)3-6(7)13(18)9-1-2-11(15)20-9/h1-4H,5H2,(H,16,17). The van der Waals surface area contributed by atoms with Gasteiger partial charge in [-0.1, -0.05) is 0 Å². The first-order valence-electron chi connectivity index (χ1n) is 5.61. The van der Waals surface area contributed by atoms with Crippen LogP contribution in [0.2, 0.25) is 5.22 Å². The van der Waals surface area contributed by atoms with E-state index in [2.05, 4.69) is 21.2 Å². The van der Waals surface area contributed by atoms with Crippen LogP contribution < -0.4 is 10.1 Å². The van der Waals surface area contributed by atoms with E-state index in [1.165, 1.54) is 12.1 Å². The summed E-state index contributed by atoms with van der Waals surface area (Å²) < 4.78 is 10.9. The molecule has 1 aliphatic rings. The summed E-state index contributed by atoms with van der Waals surface area (Å²) in [5.41, 5.74) is 0.882. The fourth-order valence-electron chi connectivity index (χ4n) is 1.84. The molecule has 1 aromatic carbocycles. The normalized spacial score (nSPS) is 13.4. The summed E-state index contributed by atoms with van der Waals surface area (Å²) in [5, 5.41) is 2.81. The van der Waals surface area contributed by atoms with E-state index in [1.54, 1.807) is 12.1 Å². The second kappa shape index (κ2) is 4.96. The van der Waals surface area contributed by atoms with Crippen LogP contribution in [-0.2, 0) is 4.79 Å². The summed E-state index contributed by atoms with van der Waals surface area (Å²) in [6.45, 7) is -0.0746. The minimum atomic E-state index is -0.327. The number of hydrogen-bond acceptors (Lipinski definition) is 4. The molecule has 1 N–H and O–H groups in total. The molecule has 0 aliphatic carbocycles. The topological polar surface area (TPSA) is 68.5 Å². The second-order valence-electron chi connectivity index (χ2n) is 4.10. The number of furan rings is 1. The third-order valence-electron chi connectivity index (χ3n) is 2.74. The fourth-order valence-corrected chi connectivity index (χ4v) is 2.51. The summed E-state index contributed by atoms with van der Waals surface area (Å²) in [5.74, 6) is 0.0117. The summed E-state index contributed by atoms with van der Waals surface area (Å²) in [6, 6.07) is 6.17. The van der Waals surface area contributed by atoms with Gasteiger partial charge < -0.3 is 14.5 Å². The molecule has 0 spiro atoms. The van der Waals surface area contributed by atoms with Gasteiger partial charge in [-0.3, -0.25) is 9.59 Å². The van der Waals surface area contributed by atoms with Crippen LogP contribution in [0.5, 0.6) is 5.75 Å². The van der Waals surface area contributed by atoms with Crippen molar-refractivity contribution >= 4 is 44.9 Å². The lowest BCUT2D eigenvalue weighted by Crippen LogP contribution is -2.25. The van der Waals surface area contributed by atoms with Crippen molar-refractivity contribution in [2.75, 3.05) is 11.9 Å². The number of amides is 1. The Kier molecular flexibility index (Phi) is 3.27. The third-order valence-corrected chi connectivity index (χ3v) is 3.60. The monoisotopic (exact) mass is 355 g/mol. The average Bonchev–Trinajstić information content (AvgIpc) is 2.84. The highest BCUT2D eigenvalue weighted by Crippen LogP contribution is 2.34. The lowest BCUT2D eigenvalue weighted by molar-refractivity contribution is -0.118. The maximum absolute atomic E-state index is 12.3. The largest absolute Gasteiger partial charge is 0.482 e. The molecule has 0 bridgehead atoms. The third kappa shape index (κ3) is 2.32. The molecule has 102 valence electrons. The number of ether oxygens (including phenoxy) is 1. The zero-order chi connectivity index (χ0) is 14.3. The summed E-state index contributed by atoms with van der Waals surface area (Å²) in [4.78, 5) is 23.5. The molecule has 0 saturated heterocycles. The van der Waals surface area contributed by atoms with E-state index in [9.17, 15) is 9.59 Å². The molecule has 2 aromatic rings. The molecule has 2 heterocycles. The Balaban J connectivity index is 2.02. The molecule has 1 amide bonds. The first-order valence-corrected chi connectivity index (χ1v) is 6.78. The number of nitrogens with one attached hydrogen (secondary N) is 1. The molecule has 3 rings (SSSR count). The molecule has 0 saturated carbocycles. The zero-order valence-corrected chi connectivity index (χ0v) is 12.2. The fraction of sp³-hybridized carbons (Fsp3) is 0.0769. The highest BCUT2D eigenvalue weighted by molar-refractivity contribution is 9.10. The molecule has 7 heteroatoms. The molecular weight excluding hydrogens is 350 g/mol. The van der Waals surface area contributed by atoms with Gasteiger partial charge >= 0.3 is 0 Å². The van der Waals surface area contributed by atoms with Gasteiger partial charge in [0, 0.05) is 10.0 Å². The number of carbonyl (C=O) groups excluding carboxylic acids is 2. The Bertz CT molecular complexity index is 725. The number of rotatable bonds is 2. The van der Waals surface area contributed by atoms with Gasteiger partial charge in [0.25, 0.3) is 5.91 Å². The quantitative estimate of drug-likeness (QED) is 0.839. The smallest absolute Gasteiger partial charge is 0.262 e. The van der Waals surface area contributed by atoms with Gasteiger partial charge in [-0.15, -0.1) is 0 Å². The van der Waals surface area contributed by atoms with E-state index < -0.39 is 0 Å². The highest BCUT2D eigenvalue weighted by Gasteiger charge is 2.22. The molecule has 0 radical (unpaired) electrons. The molecule has 0 atom stereocenters. The first kappa shape index (κ1) is 13.2. The van der Waals surface area contributed by atoms with Crippen molar-refractivity contribution in [2.45, 2.75) is 0 Å². The Hall–Kier alpha value is -1.79. The summed E-state index contributed by atoms with van der Waals surface area (Å²) in [6.07, 6.45) is 0. The molecule has 0 unspecified atom stereocenters. The first-order chi connectivity index (χ1) is 9.54. The lowest BCUT2D eigenvalue weighted by atomic mass is 10.1. The van der Waals surface area contributed by atoms with Gasteiger partial charge in [0.05, 0.1) is 5.69 Å². The number of carbonyl (C=O) groups is 2. The minimum Gasteiger partial charge on any atom is -0.482 e. The van der Waals surface area contributed by atoms with Crippen molar-refractivity contribution in [3.63, 3.8) is 0 Å². The van der Waals surface area contributed by atoms with E-state index >= 15 is 0 Å². The maximum atomic E-state index is 12.3. The number of halogens is 2. The molecule has 0 fully saturated rings. The molecule has 5 nitrogen and oxygen atoms in total. The van der Waals surface area contributed by atoms with Crippen molar-refractivity contribution in [3.8, 4) is 5.75 Å². The van der Waals surface area contributed by atoms with Crippen LogP contribution in [0.25, 0.3) is 0 Å². The van der Waals surface area contributed by atoms with Crippen molar-refractivity contribution in [2.24, 2.45) is 0 Å². The summed E-state index contributed by atoms with van der Waals surface area (Å²) >= 11 is 8.96. The van der Waals surface area contributed by atoms with Crippen LogP contribution in [-0.4, -0.2) is 18.3 Å². The average molecular weight is 357 g/mol. The number of anilines is 1. The van der Waals surface area contributed by atoms with E-state index in [0.717, 1.165) is 0 Å². The highest BCUT2D eigenvalue weighted by atomic mass is 79.9. The number of hydrogen-bond donors (Lipinski definition) is 1. The lowest BCUT2D eigenvalue weighted by Gasteiger charge is -2.19. The van der Waals surface area contributed by atoms with E-state index in [1.807, 2.05) is 0 Å². The predicted molar refractivity (Wildman–Crippen MR) is 75.4 cm³/mol. The minimum absolute atomic E-state index is 0.0746. The van der Waals surface area contributed by atoms with Crippen molar-refractivity contribution in [3.05, 3.63) is 45.3 Å². The van der Waals surface area contributed by atoms with Crippen LogP contribution in [0.15, 0.2) is 33.2 Å². The molecule has 1 aromatic heterocycles. The number of fused-ring (bicyclic) bond motifs is 1. The van der Waals surface area contributed by atoms with Gasteiger partial charge in [0.1, 0.15) is 5.75 Å². The Morgan fingerprint density at radius 1 is 1.35 bits per heavy atom. The van der Waals surface area contributed by atoms with Crippen molar-refractivity contribution < 1.29 is 18.7 Å². The Morgan fingerprint density at radius 2 is 2.15 bits per heavy atom. The zero-order valence-electron chi connectivity index (χ0n) is 9.91. The second-order valence-corrected chi connectivity index (χ2v) is 5.32. The van der Waals surface area contributed by atoms with Crippen molar-refractivity contribution in [1.29, 1.82) is 0 Å². The Labute approximate surface area is 127 Å². The van der Waals surface area contributed by atoms with Gasteiger partial charge in [0.15, 0.2) is 17.6 Å². The molecule has 1 aliphatic heterocycles. The van der Waals surface area contributed by atoms with Crippen molar-refractivity contribution in [1.82, 2.24) is 0 Å². The molecule has 20 heavy (non-hydrogen) atoms. The van der Waals surface area contributed by atoms with Gasteiger partial charge in [0.2, 0.25) is 5.78 Å². The van der Waals surface area contributed by atoms with Crippen LogP contribution in [0.4, 0.5) is 5.69 Å².